The number of anilines is 1. The van der Waals surface area contributed by atoms with Gasteiger partial charge in [-0.05, 0) is 24.3 Å². The van der Waals surface area contributed by atoms with Gasteiger partial charge in [0.25, 0.3) is 0 Å². The van der Waals surface area contributed by atoms with Crippen molar-refractivity contribution < 1.29 is 27.8 Å². The Kier molecular flexibility index (Phi) is 3.92. The molecule has 0 bridgehead atoms. The number of aliphatic carboxylic acids is 1. The number of hydrogen-bond donors (Lipinski definition) is 2. The van der Waals surface area contributed by atoms with Crippen molar-refractivity contribution in [2.24, 2.45) is 0 Å². The van der Waals surface area contributed by atoms with Crippen molar-refractivity contribution in [3.05, 3.63) is 71.4 Å². The van der Waals surface area contributed by atoms with Crippen molar-refractivity contribution in [3.63, 3.8) is 0 Å². The van der Waals surface area contributed by atoms with Gasteiger partial charge in [-0.15, -0.1) is 0 Å². The molecule has 2 aromatic carbocycles. The molecule has 4 nitrogen and oxygen atoms in total. The number of rotatable bonds is 3. The van der Waals surface area contributed by atoms with E-state index in [9.17, 15) is 23.1 Å². The second-order valence-corrected chi connectivity index (χ2v) is 5.12. The topological polar surface area (TPSA) is 58.6 Å². The van der Waals surface area contributed by atoms with Crippen LogP contribution in [0.2, 0.25) is 0 Å². The average Bonchev–Trinajstić information content (AvgIpc) is 2.54. The Labute approximate surface area is 135 Å². The molecule has 3 rings (SSSR count). The first kappa shape index (κ1) is 15.9. The fourth-order valence-electron chi connectivity index (χ4n) is 2.54. The van der Waals surface area contributed by atoms with E-state index in [1.54, 1.807) is 30.3 Å². The zero-order valence-electron chi connectivity index (χ0n) is 12.2. The van der Waals surface area contributed by atoms with E-state index in [0.29, 0.717) is 0 Å². The van der Waals surface area contributed by atoms with Crippen LogP contribution >= 0.6 is 0 Å². The molecule has 0 saturated carbocycles. The first-order valence-corrected chi connectivity index (χ1v) is 6.99. The molecular weight excluding hydrogens is 323 g/mol. The summed E-state index contributed by atoms with van der Waals surface area (Å²) < 4.78 is 45.7. The van der Waals surface area contributed by atoms with Crippen molar-refractivity contribution in [1.29, 1.82) is 0 Å². The first-order valence-electron chi connectivity index (χ1n) is 6.99. The van der Waals surface area contributed by atoms with E-state index in [0.717, 1.165) is 12.3 Å². The second kappa shape index (κ2) is 5.92. The van der Waals surface area contributed by atoms with Gasteiger partial charge in [0.2, 0.25) is 0 Å². The largest absolute Gasteiger partial charge is 0.481 e. The van der Waals surface area contributed by atoms with Gasteiger partial charge in [-0.3, -0.25) is 0 Å². The quantitative estimate of drug-likeness (QED) is 0.882. The van der Waals surface area contributed by atoms with Gasteiger partial charge in [-0.25, -0.2) is 4.79 Å². The number of hydrogen-bond acceptors (Lipinski definition) is 3. The molecule has 0 fully saturated rings. The van der Waals surface area contributed by atoms with E-state index in [1.807, 2.05) is 0 Å². The Morgan fingerprint density at radius 3 is 2.42 bits per heavy atom. The van der Waals surface area contributed by atoms with Crippen LogP contribution in [0.4, 0.5) is 18.9 Å². The predicted octanol–water partition coefficient (Wildman–Crippen LogP) is 4.22. The maximum absolute atomic E-state index is 13.4. The van der Waals surface area contributed by atoms with Gasteiger partial charge in [0.1, 0.15) is 5.75 Å². The third-order valence-corrected chi connectivity index (χ3v) is 3.58. The van der Waals surface area contributed by atoms with Crippen LogP contribution < -0.4 is 10.1 Å². The van der Waals surface area contributed by atoms with E-state index >= 15 is 0 Å². The van der Waals surface area contributed by atoms with Crippen molar-refractivity contribution >= 4 is 11.7 Å². The monoisotopic (exact) mass is 335 g/mol. The Balaban J connectivity index is 2.14. The molecule has 0 spiro atoms. The highest BCUT2D eigenvalue weighted by atomic mass is 19.4. The molecule has 2 aromatic rings. The minimum atomic E-state index is -4.63. The predicted molar refractivity (Wildman–Crippen MR) is 80.6 cm³/mol. The molecule has 1 unspecified atom stereocenters. The molecule has 0 aromatic heterocycles. The Morgan fingerprint density at radius 2 is 1.79 bits per heavy atom. The van der Waals surface area contributed by atoms with Crippen LogP contribution in [-0.4, -0.2) is 11.1 Å². The molecule has 2 N–H and O–H groups in total. The van der Waals surface area contributed by atoms with Crippen LogP contribution in [0.15, 0.2) is 60.3 Å². The SMILES string of the molecule is O=C(O)C1=CNc2cccc(C(F)(F)F)c2C1Oc1ccccc1. The summed E-state index contributed by atoms with van der Waals surface area (Å²) in [6, 6.07) is 11.7. The Hall–Kier alpha value is -2.96. The van der Waals surface area contributed by atoms with Gasteiger partial charge in [0.15, 0.2) is 6.10 Å². The number of carboxylic acid groups (broad SMARTS) is 1. The lowest BCUT2D eigenvalue weighted by Gasteiger charge is -2.29. The van der Waals surface area contributed by atoms with Crippen LogP contribution in [0.1, 0.15) is 17.2 Å². The third-order valence-electron chi connectivity index (χ3n) is 3.58. The number of alkyl halides is 3. The summed E-state index contributed by atoms with van der Waals surface area (Å²) >= 11 is 0. The van der Waals surface area contributed by atoms with Gasteiger partial charge in [0, 0.05) is 17.5 Å². The maximum Gasteiger partial charge on any atom is 0.416 e. The summed E-state index contributed by atoms with van der Waals surface area (Å²) in [6.07, 6.45) is -4.86. The third kappa shape index (κ3) is 2.92. The van der Waals surface area contributed by atoms with E-state index < -0.39 is 23.8 Å². The maximum atomic E-state index is 13.4. The smallest absolute Gasteiger partial charge is 0.416 e. The number of para-hydroxylation sites is 1. The normalized spacial score (nSPS) is 16.6. The molecular formula is C17H12F3NO3. The Bertz CT molecular complexity index is 800. The standard InChI is InChI=1S/C17H12F3NO3/c18-17(19,20)12-7-4-8-13-14(12)15(11(9-21-13)16(22)23)24-10-5-2-1-3-6-10/h1-9,15,21H,(H,22,23). The van der Waals surface area contributed by atoms with E-state index in [2.05, 4.69) is 5.32 Å². The summed E-state index contributed by atoms with van der Waals surface area (Å²) in [5.74, 6) is -1.08. The van der Waals surface area contributed by atoms with Crippen molar-refractivity contribution in [2.45, 2.75) is 12.3 Å². The number of carboxylic acids is 1. The van der Waals surface area contributed by atoms with Crippen LogP contribution in [-0.2, 0) is 11.0 Å². The molecule has 1 heterocycles. The van der Waals surface area contributed by atoms with Gasteiger partial charge in [0.05, 0.1) is 11.1 Å². The lowest BCUT2D eigenvalue weighted by Crippen LogP contribution is -2.26. The summed E-state index contributed by atoms with van der Waals surface area (Å²) in [5, 5.41) is 11.9. The highest BCUT2D eigenvalue weighted by Gasteiger charge is 2.40. The second-order valence-electron chi connectivity index (χ2n) is 5.12. The minimum absolute atomic E-state index is 0.163. The highest BCUT2D eigenvalue weighted by Crippen LogP contribution is 2.44. The molecule has 0 aliphatic carbocycles. The number of halogens is 3. The fraction of sp³-hybridized carbons (Fsp3) is 0.118. The van der Waals surface area contributed by atoms with Crippen LogP contribution in [0.3, 0.4) is 0 Å². The van der Waals surface area contributed by atoms with Crippen molar-refractivity contribution in [3.8, 4) is 5.75 Å². The highest BCUT2D eigenvalue weighted by molar-refractivity contribution is 5.90. The number of fused-ring (bicyclic) bond motifs is 1. The van der Waals surface area contributed by atoms with E-state index in [4.69, 9.17) is 4.74 Å². The average molecular weight is 335 g/mol. The molecule has 7 heteroatoms. The Morgan fingerprint density at radius 1 is 1.08 bits per heavy atom. The lowest BCUT2D eigenvalue weighted by molar-refractivity contribution is -0.140. The number of carbonyl (C=O) groups is 1. The molecule has 1 aliphatic rings. The zero-order chi connectivity index (χ0) is 17.3. The van der Waals surface area contributed by atoms with Crippen molar-refractivity contribution in [2.75, 3.05) is 5.32 Å². The molecule has 24 heavy (non-hydrogen) atoms. The zero-order valence-corrected chi connectivity index (χ0v) is 12.2. The summed E-state index contributed by atoms with van der Waals surface area (Å²) in [7, 11) is 0. The molecule has 1 aliphatic heterocycles. The summed E-state index contributed by atoms with van der Waals surface area (Å²) in [4.78, 5) is 11.5. The summed E-state index contributed by atoms with van der Waals surface area (Å²) in [5.41, 5.74) is -1.31. The van der Waals surface area contributed by atoms with Gasteiger partial charge < -0.3 is 15.2 Å². The van der Waals surface area contributed by atoms with Crippen molar-refractivity contribution in [1.82, 2.24) is 0 Å². The molecule has 0 radical (unpaired) electrons. The first-order chi connectivity index (χ1) is 11.4. The molecule has 0 saturated heterocycles. The van der Waals surface area contributed by atoms with Crippen LogP contribution in [0.5, 0.6) is 5.75 Å². The number of nitrogens with one attached hydrogen (secondary N) is 1. The fourth-order valence-corrected chi connectivity index (χ4v) is 2.54. The van der Waals surface area contributed by atoms with Gasteiger partial charge in [-0.1, -0.05) is 24.3 Å². The lowest BCUT2D eigenvalue weighted by atomic mass is 9.92. The molecule has 1 atom stereocenters. The van der Waals surface area contributed by atoms with Gasteiger partial charge >= 0.3 is 12.1 Å². The van der Waals surface area contributed by atoms with Crippen LogP contribution in [0, 0.1) is 0 Å². The molecule has 0 amide bonds. The number of benzene rings is 2. The van der Waals surface area contributed by atoms with Gasteiger partial charge in [-0.2, -0.15) is 13.2 Å². The van der Waals surface area contributed by atoms with Crippen LogP contribution in [0.25, 0.3) is 0 Å². The summed E-state index contributed by atoms with van der Waals surface area (Å²) in [6.45, 7) is 0. The molecule has 124 valence electrons. The minimum Gasteiger partial charge on any atom is -0.481 e. The van der Waals surface area contributed by atoms with E-state index in [-0.39, 0.29) is 22.6 Å². The number of ether oxygens (including phenoxy) is 1. The van der Waals surface area contributed by atoms with E-state index in [1.165, 1.54) is 12.1 Å².